The zero-order chi connectivity index (χ0) is 11.6. The van der Waals surface area contributed by atoms with Crippen molar-refractivity contribution < 1.29 is 0 Å². The second kappa shape index (κ2) is 8.42. The summed E-state index contributed by atoms with van der Waals surface area (Å²) in [6.07, 6.45) is 4.95. The quantitative estimate of drug-likeness (QED) is 0.530. The van der Waals surface area contributed by atoms with E-state index in [4.69, 9.17) is 0 Å². The number of nitrogens with zero attached hydrogens (tertiary/aromatic N) is 2. The molecule has 0 atom stereocenters. The first-order valence-corrected chi connectivity index (χ1v) is 6.94. The smallest absolute Gasteiger partial charge is 0.0522 e. The molecule has 0 aromatic carbocycles. The zero-order valence-electron chi connectivity index (χ0n) is 9.98. The highest BCUT2D eigenvalue weighted by Gasteiger charge is 2.00. The maximum atomic E-state index is 4.29. The van der Waals surface area contributed by atoms with Crippen LogP contribution in [-0.4, -0.2) is 27.8 Å². The van der Waals surface area contributed by atoms with Crippen LogP contribution in [0.1, 0.15) is 19.0 Å². The van der Waals surface area contributed by atoms with Crippen LogP contribution in [0.25, 0.3) is 0 Å². The van der Waals surface area contributed by atoms with Crippen molar-refractivity contribution in [3.05, 3.63) is 30.6 Å². The molecule has 0 saturated carbocycles. The van der Waals surface area contributed by atoms with Gasteiger partial charge in [-0.1, -0.05) is 13.0 Å². The summed E-state index contributed by atoms with van der Waals surface area (Å²) < 4.78 is 2.07. The summed E-state index contributed by atoms with van der Waals surface area (Å²) in [4.78, 5) is 0. The summed E-state index contributed by atoms with van der Waals surface area (Å²) in [6.45, 7) is 8.83. The lowest BCUT2D eigenvalue weighted by atomic mass is 10.4. The molecule has 1 aromatic rings. The normalized spacial score (nSPS) is 10.6. The molecule has 0 aliphatic carbocycles. The maximum Gasteiger partial charge on any atom is 0.0522 e. The molecule has 0 spiro atoms. The minimum atomic E-state index is 0.911. The van der Waals surface area contributed by atoms with E-state index < -0.39 is 0 Å². The summed E-state index contributed by atoms with van der Waals surface area (Å²) in [5.41, 5.74) is 1.27. The summed E-state index contributed by atoms with van der Waals surface area (Å²) in [5, 5.41) is 7.72. The van der Waals surface area contributed by atoms with E-state index in [-0.39, 0.29) is 0 Å². The average molecular weight is 239 g/mol. The standard InChI is InChI=1S/C12H21N3S/c1-3-8-15-12(5-6-14-15)11-13-7-10-16-9-4-2/h4-6,13H,2-3,7-11H2,1H3. The van der Waals surface area contributed by atoms with Crippen molar-refractivity contribution >= 4 is 11.8 Å². The summed E-state index contributed by atoms with van der Waals surface area (Å²) >= 11 is 1.90. The fourth-order valence-electron chi connectivity index (χ4n) is 1.45. The zero-order valence-corrected chi connectivity index (χ0v) is 10.8. The highest BCUT2D eigenvalue weighted by atomic mass is 32.2. The number of thioether (sulfide) groups is 1. The van der Waals surface area contributed by atoms with E-state index >= 15 is 0 Å². The van der Waals surface area contributed by atoms with Crippen LogP contribution in [0.3, 0.4) is 0 Å². The molecular weight excluding hydrogens is 218 g/mol. The van der Waals surface area contributed by atoms with Gasteiger partial charge in [-0.15, -0.1) is 6.58 Å². The van der Waals surface area contributed by atoms with Gasteiger partial charge in [0.05, 0.1) is 5.69 Å². The average Bonchev–Trinajstić information content (AvgIpc) is 2.72. The molecule has 1 N–H and O–H groups in total. The molecule has 4 heteroatoms. The Morgan fingerprint density at radius 1 is 1.62 bits per heavy atom. The second-order valence-corrected chi connectivity index (χ2v) is 4.74. The van der Waals surface area contributed by atoms with Crippen molar-refractivity contribution in [2.75, 3.05) is 18.1 Å². The number of aromatic nitrogens is 2. The summed E-state index contributed by atoms with van der Waals surface area (Å²) in [7, 11) is 0. The van der Waals surface area contributed by atoms with E-state index in [2.05, 4.69) is 34.7 Å². The van der Waals surface area contributed by atoms with Crippen LogP contribution < -0.4 is 5.32 Å². The van der Waals surface area contributed by atoms with E-state index in [9.17, 15) is 0 Å². The van der Waals surface area contributed by atoms with Crippen LogP contribution in [0.4, 0.5) is 0 Å². The Balaban J connectivity index is 2.16. The molecule has 0 fully saturated rings. The molecule has 0 aliphatic heterocycles. The maximum absolute atomic E-state index is 4.29. The Morgan fingerprint density at radius 3 is 3.25 bits per heavy atom. The Hall–Kier alpha value is -0.740. The molecule has 0 unspecified atom stereocenters. The Morgan fingerprint density at radius 2 is 2.50 bits per heavy atom. The van der Waals surface area contributed by atoms with Crippen LogP contribution in [-0.2, 0) is 13.1 Å². The monoisotopic (exact) mass is 239 g/mol. The Labute approximate surface area is 102 Å². The lowest BCUT2D eigenvalue weighted by molar-refractivity contribution is 0.555. The predicted octanol–water partition coefficient (Wildman–Crippen LogP) is 2.30. The van der Waals surface area contributed by atoms with E-state index in [1.807, 2.05) is 24.0 Å². The van der Waals surface area contributed by atoms with Gasteiger partial charge in [0.2, 0.25) is 0 Å². The Kier molecular flexibility index (Phi) is 7.01. The molecule has 0 saturated heterocycles. The number of rotatable bonds is 9. The van der Waals surface area contributed by atoms with Crippen molar-refractivity contribution in [3.8, 4) is 0 Å². The first kappa shape index (κ1) is 13.3. The molecule has 1 aromatic heterocycles. The highest BCUT2D eigenvalue weighted by molar-refractivity contribution is 7.99. The van der Waals surface area contributed by atoms with Gasteiger partial charge in [0.1, 0.15) is 0 Å². The lowest BCUT2D eigenvalue weighted by Crippen LogP contribution is -2.19. The van der Waals surface area contributed by atoms with Gasteiger partial charge in [-0.3, -0.25) is 4.68 Å². The summed E-state index contributed by atoms with van der Waals surface area (Å²) in [6, 6.07) is 2.08. The van der Waals surface area contributed by atoms with E-state index in [0.29, 0.717) is 0 Å². The second-order valence-electron chi connectivity index (χ2n) is 3.59. The molecule has 0 radical (unpaired) electrons. The SMILES string of the molecule is C=CCSCCNCc1ccnn1CCC. The molecule has 0 amide bonds. The number of hydrogen-bond acceptors (Lipinski definition) is 3. The first-order valence-electron chi connectivity index (χ1n) is 5.78. The fourth-order valence-corrected chi connectivity index (χ4v) is 2.07. The van der Waals surface area contributed by atoms with Crippen molar-refractivity contribution in [1.29, 1.82) is 0 Å². The van der Waals surface area contributed by atoms with Crippen molar-refractivity contribution in [2.45, 2.75) is 26.4 Å². The van der Waals surface area contributed by atoms with Gasteiger partial charge in [-0.25, -0.2) is 0 Å². The van der Waals surface area contributed by atoms with Gasteiger partial charge < -0.3 is 5.32 Å². The number of hydrogen-bond donors (Lipinski definition) is 1. The van der Waals surface area contributed by atoms with Crippen LogP contribution in [0.2, 0.25) is 0 Å². The van der Waals surface area contributed by atoms with Crippen LogP contribution in [0.15, 0.2) is 24.9 Å². The van der Waals surface area contributed by atoms with E-state index in [0.717, 1.165) is 37.6 Å². The number of aryl methyl sites for hydroxylation is 1. The van der Waals surface area contributed by atoms with Crippen LogP contribution in [0, 0.1) is 0 Å². The molecule has 90 valence electrons. The van der Waals surface area contributed by atoms with Crippen molar-refractivity contribution in [3.63, 3.8) is 0 Å². The molecule has 1 rings (SSSR count). The predicted molar refractivity (Wildman–Crippen MR) is 71.7 cm³/mol. The van der Waals surface area contributed by atoms with E-state index in [1.54, 1.807) is 0 Å². The van der Waals surface area contributed by atoms with Gasteiger partial charge in [-0.2, -0.15) is 16.9 Å². The highest BCUT2D eigenvalue weighted by Crippen LogP contribution is 2.01. The van der Waals surface area contributed by atoms with Crippen LogP contribution in [0.5, 0.6) is 0 Å². The molecule has 0 aliphatic rings. The third-order valence-corrected chi connectivity index (χ3v) is 3.17. The van der Waals surface area contributed by atoms with Gasteiger partial charge in [-0.05, 0) is 12.5 Å². The van der Waals surface area contributed by atoms with Crippen molar-refractivity contribution in [1.82, 2.24) is 15.1 Å². The minimum absolute atomic E-state index is 0.911. The third kappa shape index (κ3) is 4.86. The number of nitrogens with one attached hydrogen (secondary N) is 1. The lowest BCUT2D eigenvalue weighted by Gasteiger charge is -2.07. The first-order chi connectivity index (χ1) is 7.88. The Bertz CT molecular complexity index is 296. The molecular formula is C12H21N3S. The van der Waals surface area contributed by atoms with Gasteiger partial charge in [0.15, 0.2) is 0 Å². The van der Waals surface area contributed by atoms with Crippen LogP contribution >= 0.6 is 11.8 Å². The minimum Gasteiger partial charge on any atom is -0.310 e. The molecule has 16 heavy (non-hydrogen) atoms. The van der Waals surface area contributed by atoms with Crippen molar-refractivity contribution in [2.24, 2.45) is 0 Å². The fraction of sp³-hybridized carbons (Fsp3) is 0.583. The molecule has 0 bridgehead atoms. The largest absolute Gasteiger partial charge is 0.310 e. The van der Waals surface area contributed by atoms with Gasteiger partial charge >= 0.3 is 0 Å². The molecule has 3 nitrogen and oxygen atoms in total. The van der Waals surface area contributed by atoms with E-state index in [1.165, 1.54) is 5.69 Å². The molecule has 1 heterocycles. The van der Waals surface area contributed by atoms with Gasteiger partial charge in [0.25, 0.3) is 0 Å². The topological polar surface area (TPSA) is 29.9 Å². The third-order valence-electron chi connectivity index (χ3n) is 2.20. The van der Waals surface area contributed by atoms with Gasteiger partial charge in [0, 0.05) is 37.3 Å². The summed E-state index contributed by atoms with van der Waals surface area (Å²) in [5.74, 6) is 2.17.